The lowest BCUT2D eigenvalue weighted by Gasteiger charge is -2.18. The highest BCUT2D eigenvalue weighted by atomic mass is 16.6. The van der Waals surface area contributed by atoms with Gasteiger partial charge in [-0.1, -0.05) is 70.4 Å². The van der Waals surface area contributed by atoms with Crippen molar-refractivity contribution < 1.29 is 33.3 Å². The lowest BCUT2D eigenvalue weighted by molar-refractivity contribution is -0.160. The van der Waals surface area contributed by atoms with Crippen molar-refractivity contribution >= 4 is 17.9 Å². The third-order valence-electron chi connectivity index (χ3n) is 5.81. The first-order chi connectivity index (χ1) is 18.0. The van der Waals surface area contributed by atoms with Crippen LogP contribution in [0.1, 0.15) is 103 Å². The van der Waals surface area contributed by atoms with Gasteiger partial charge in [-0.05, 0) is 12.8 Å². The van der Waals surface area contributed by atoms with Gasteiger partial charge in [0.25, 0.3) is 0 Å². The fourth-order valence-corrected chi connectivity index (χ4v) is 3.66. The third-order valence-corrected chi connectivity index (χ3v) is 5.81. The van der Waals surface area contributed by atoms with Crippen molar-refractivity contribution in [2.75, 3.05) is 26.9 Å². The molecule has 0 aliphatic heterocycles. The normalized spacial score (nSPS) is 11.8. The van der Waals surface area contributed by atoms with Gasteiger partial charge >= 0.3 is 17.9 Å². The quantitative estimate of drug-likeness (QED) is 0.115. The molecule has 37 heavy (non-hydrogen) atoms. The summed E-state index contributed by atoms with van der Waals surface area (Å²) in [7, 11) is 1.54. The van der Waals surface area contributed by atoms with Crippen LogP contribution >= 0.6 is 0 Å². The SMILES string of the molecule is CCCCCCCC(=O)OCC(Cn1cc(CCC(=O)OCCOC)nn1)OC(=O)CCCCCCC. The van der Waals surface area contributed by atoms with Crippen LogP contribution in [0.5, 0.6) is 0 Å². The number of hydrogen-bond donors (Lipinski definition) is 0. The van der Waals surface area contributed by atoms with Crippen LogP contribution in [0.3, 0.4) is 0 Å². The number of methoxy groups -OCH3 is 1. The highest BCUT2D eigenvalue weighted by molar-refractivity contribution is 5.70. The van der Waals surface area contributed by atoms with E-state index in [9.17, 15) is 14.4 Å². The number of rotatable bonds is 23. The lowest BCUT2D eigenvalue weighted by atomic mass is 10.1. The molecule has 0 radical (unpaired) electrons. The molecule has 0 saturated carbocycles. The van der Waals surface area contributed by atoms with E-state index < -0.39 is 6.10 Å². The molecule has 1 rings (SSSR count). The van der Waals surface area contributed by atoms with Crippen LogP contribution in [0.2, 0.25) is 0 Å². The van der Waals surface area contributed by atoms with Crippen LogP contribution in [0.25, 0.3) is 0 Å². The van der Waals surface area contributed by atoms with Crippen LogP contribution in [0.4, 0.5) is 0 Å². The number of unbranched alkanes of at least 4 members (excludes halogenated alkanes) is 8. The predicted octanol–water partition coefficient (Wildman–Crippen LogP) is 4.58. The third kappa shape index (κ3) is 17.6. The number of ether oxygens (including phenoxy) is 4. The maximum Gasteiger partial charge on any atom is 0.306 e. The summed E-state index contributed by atoms with van der Waals surface area (Å²) < 4.78 is 22.5. The van der Waals surface area contributed by atoms with Gasteiger partial charge in [0.05, 0.1) is 25.3 Å². The zero-order valence-electron chi connectivity index (χ0n) is 23.1. The minimum Gasteiger partial charge on any atom is -0.463 e. The highest BCUT2D eigenvalue weighted by Crippen LogP contribution is 2.10. The summed E-state index contributed by atoms with van der Waals surface area (Å²) in [5.74, 6) is -0.932. The number of aromatic nitrogens is 3. The monoisotopic (exact) mass is 525 g/mol. The molecule has 10 nitrogen and oxygen atoms in total. The molecule has 0 amide bonds. The zero-order chi connectivity index (χ0) is 27.1. The van der Waals surface area contributed by atoms with E-state index in [-0.39, 0.29) is 44.1 Å². The second-order valence-electron chi connectivity index (χ2n) is 9.27. The predicted molar refractivity (Wildman–Crippen MR) is 139 cm³/mol. The van der Waals surface area contributed by atoms with Crippen LogP contribution in [0, 0.1) is 0 Å². The number of esters is 3. The molecule has 0 spiro atoms. The summed E-state index contributed by atoms with van der Waals surface area (Å²) in [6.45, 7) is 5.04. The van der Waals surface area contributed by atoms with Crippen molar-refractivity contribution in [2.24, 2.45) is 0 Å². The Bertz CT molecular complexity index is 754. The molecule has 10 heteroatoms. The molecule has 0 aliphatic carbocycles. The molecular formula is C27H47N3O7. The number of nitrogens with zero attached hydrogens (tertiary/aromatic N) is 3. The maximum atomic E-state index is 12.4. The summed E-state index contributed by atoms with van der Waals surface area (Å²) in [6.07, 6.45) is 12.7. The molecule has 0 aliphatic rings. The molecular weight excluding hydrogens is 478 g/mol. The van der Waals surface area contributed by atoms with Crippen molar-refractivity contribution in [3.8, 4) is 0 Å². The van der Waals surface area contributed by atoms with Gasteiger partial charge in [-0.3, -0.25) is 14.4 Å². The Morgan fingerprint density at radius 2 is 1.43 bits per heavy atom. The van der Waals surface area contributed by atoms with Crippen LogP contribution < -0.4 is 0 Å². The van der Waals surface area contributed by atoms with Crippen molar-refractivity contribution in [3.63, 3.8) is 0 Å². The first-order valence-corrected chi connectivity index (χ1v) is 13.9. The van der Waals surface area contributed by atoms with E-state index in [1.807, 2.05) is 0 Å². The van der Waals surface area contributed by atoms with E-state index >= 15 is 0 Å². The van der Waals surface area contributed by atoms with Gasteiger partial charge < -0.3 is 18.9 Å². The van der Waals surface area contributed by atoms with E-state index in [0.717, 1.165) is 57.8 Å². The summed E-state index contributed by atoms with van der Waals surface area (Å²) in [5, 5.41) is 8.17. The lowest BCUT2D eigenvalue weighted by Crippen LogP contribution is -2.30. The Morgan fingerprint density at radius 1 is 0.811 bits per heavy atom. The van der Waals surface area contributed by atoms with Crippen molar-refractivity contribution in [2.45, 2.75) is 116 Å². The van der Waals surface area contributed by atoms with Gasteiger partial charge in [0.1, 0.15) is 13.2 Å². The fourth-order valence-electron chi connectivity index (χ4n) is 3.66. The van der Waals surface area contributed by atoms with E-state index in [4.69, 9.17) is 18.9 Å². The van der Waals surface area contributed by atoms with Gasteiger partial charge in [0.2, 0.25) is 0 Å². The molecule has 212 valence electrons. The summed E-state index contributed by atoms with van der Waals surface area (Å²) in [6, 6.07) is 0. The van der Waals surface area contributed by atoms with Crippen molar-refractivity contribution in [1.29, 1.82) is 0 Å². The largest absolute Gasteiger partial charge is 0.463 e. The number of carbonyl (C=O) groups is 3. The Hall–Kier alpha value is -2.49. The molecule has 0 bridgehead atoms. The number of carbonyl (C=O) groups excluding carboxylic acids is 3. The van der Waals surface area contributed by atoms with Gasteiger partial charge in [0.15, 0.2) is 6.10 Å². The Morgan fingerprint density at radius 3 is 2.08 bits per heavy atom. The topological polar surface area (TPSA) is 119 Å². The molecule has 0 fully saturated rings. The van der Waals surface area contributed by atoms with Crippen LogP contribution in [-0.2, 0) is 46.3 Å². The maximum absolute atomic E-state index is 12.4. The van der Waals surface area contributed by atoms with E-state index in [0.29, 0.717) is 31.6 Å². The molecule has 1 heterocycles. The van der Waals surface area contributed by atoms with Crippen LogP contribution in [-0.4, -0.2) is 65.9 Å². The first kappa shape index (κ1) is 32.5. The molecule has 0 saturated heterocycles. The van der Waals surface area contributed by atoms with Gasteiger partial charge in [0, 0.05) is 32.6 Å². The van der Waals surface area contributed by atoms with Crippen molar-refractivity contribution in [1.82, 2.24) is 15.0 Å². The van der Waals surface area contributed by atoms with E-state index in [1.54, 1.807) is 18.0 Å². The van der Waals surface area contributed by atoms with Gasteiger partial charge in [-0.15, -0.1) is 5.10 Å². The highest BCUT2D eigenvalue weighted by Gasteiger charge is 2.19. The molecule has 0 N–H and O–H groups in total. The van der Waals surface area contributed by atoms with Crippen molar-refractivity contribution in [3.05, 3.63) is 11.9 Å². The van der Waals surface area contributed by atoms with E-state index in [1.165, 1.54) is 6.42 Å². The minimum absolute atomic E-state index is 0.0314. The molecule has 1 unspecified atom stereocenters. The standard InChI is InChI=1S/C27H47N3O7/c1-4-6-8-10-12-14-25(31)36-22-24(37-27(33)15-13-11-9-7-5-2)21-30-20-23(28-29-30)16-17-26(32)35-19-18-34-3/h20,24H,4-19,21-22H2,1-3H3. The van der Waals surface area contributed by atoms with Gasteiger partial charge in [-0.25, -0.2) is 4.68 Å². The zero-order valence-corrected chi connectivity index (χ0v) is 23.1. The Labute approximate surface area is 221 Å². The first-order valence-electron chi connectivity index (χ1n) is 13.9. The molecule has 0 aromatic carbocycles. The number of aryl methyl sites for hydroxylation is 1. The summed E-state index contributed by atoms with van der Waals surface area (Å²) in [5.41, 5.74) is 0.619. The van der Waals surface area contributed by atoms with Gasteiger partial charge in [-0.2, -0.15) is 0 Å². The molecule has 1 aromatic heterocycles. The second-order valence-corrected chi connectivity index (χ2v) is 9.27. The molecule has 1 atom stereocenters. The molecule has 1 aromatic rings. The van der Waals surface area contributed by atoms with Crippen LogP contribution in [0.15, 0.2) is 6.20 Å². The summed E-state index contributed by atoms with van der Waals surface area (Å²) in [4.78, 5) is 36.4. The average Bonchev–Trinajstić information content (AvgIpc) is 3.33. The smallest absolute Gasteiger partial charge is 0.306 e. The fraction of sp³-hybridized carbons (Fsp3) is 0.815. The second kappa shape index (κ2) is 21.6. The van der Waals surface area contributed by atoms with E-state index in [2.05, 4.69) is 24.2 Å². The Kier molecular flexibility index (Phi) is 19.0. The Balaban J connectivity index is 2.56. The summed E-state index contributed by atoms with van der Waals surface area (Å²) >= 11 is 0. The average molecular weight is 526 g/mol. The minimum atomic E-state index is -0.666. The number of hydrogen-bond acceptors (Lipinski definition) is 9.